The summed E-state index contributed by atoms with van der Waals surface area (Å²) in [6.45, 7) is 0.629. The summed E-state index contributed by atoms with van der Waals surface area (Å²) in [4.78, 5) is 21.5. The van der Waals surface area contributed by atoms with Crippen LogP contribution in [0.25, 0.3) is 5.78 Å². The maximum atomic E-state index is 12.7. The molecule has 0 saturated heterocycles. The molecule has 0 saturated carbocycles. The highest BCUT2D eigenvalue weighted by Gasteiger charge is 2.29. The molecule has 0 N–H and O–H groups in total. The van der Waals surface area contributed by atoms with Crippen molar-refractivity contribution in [1.82, 2.24) is 19.6 Å². The van der Waals surface area contributed by atoms with Gasteiger partial charge in [-0.15, -0.1) is 5.10 Å². The van der Waals surface area contributed by atoms with E-state index in [9.17, 15) is 4.79 Å². The van der Waals surface area contributed by atoms with Crippen LogP contribution in [0.3, 0.4) is 0 Å². The van der Waals surface area contributed by atoms with E-state index in [0.717, 1.165) is 29.2 Å². The molecule has 1 aromatic carbocycles. The minimum absolute atomic E-state index is 0.0931. The third kappa shape index (κ3) is 3.54. The van der Waals surface area contributed by atoms with E-state index in [1.807, 2.05) is 24.3 Å². The van der Waals surface area contributed by atoms with Gasteiger partial charge in [0.2, 0.25) is 5.16 Å². The van der Waals surface area contributed by atoms with E-state index in [4.69, 9.17) is 9.47 Å². The summed E-state index contributed by atoms with van der Waals surface area (Å²) >= 11 is 1.52. The Balaban J connectivity index is 1.66. The van der Waals surface area contributed by atoms with Gasteiger partial charge in [-0.25, -0.2) is 4.98 Å². The van der Waals surface area contributed by atoms with Crippen molar-refractivity contribution in [3.63, 3.8) is 0 Å². The minimum atomic E-state index is 0.0931. The number of carbonyl (C=O) groups excluding carboxylic acids is 1. The van der Waals surface area contributed by atoms with Crippen LogP contribution < -0.4 is 4.74 Å². The lowest BCUT2D eigenvalue weighted by atomic mass is 9.82. The maximum absolute atomic E-state index is 12.7. The SMILES string of the molecule is COCCSc1nc2ncc3c(n2n1)CC(c1ccc(OC)cc1)CC3=O. The van der Waals surface area contributed by atoms with E-state index in [0.29, 0.717) is 29.5 Å². The van der Waals surface area contributed by atoms with Crippen LogP contribution in [0.5, 0.6) is 5.75 Å². The predicted molar refractivity (Wildman–Crippen MR) is 102 cm³/mol. The number of hydrogen-bond donors (Lipinski definition) is 0. The van der Waals surface area contributed by atoms with Crippen LogP contribution in [0.1, 0.15) is 34.0 Å². The summed E-state index contributed by atoms with van der Waals surface area (Å²) in [6, 6.07) is 7.90. The molecule has 0 bridgehead atoms. The van der Waals surface area contributed by atoms with Crippen LogP contribution in [0.15, 0.2) is 35.6 Å². The first-order valence-corrected chi connectivity index (χ1v) is 9.71. The lowest BCUT2D eigenvalue weighted by Crippen LogP contribution is -2.22. The first kappa shape index (κ1) is 17.9. The number of fused-ring (bicyclic) bond motifs is 3. The topological polar surface area (TPSA) is 78.6 Å². The van der Waals surface area contributed by atoms with Crippen molar-refractivity contribution >= 4 is 23.3 Å². The number of ether oxygens (including phenoxy) is 2. The molecule has 2 aromatic heterocycles. The van der Waals surface area contributed by atoms with Crippen LogP contribution >= 0.6 is 11.8 Å². The zero-order valence-electron chi connectivity index (χ0n) is 15.2. The van der Waals surface area contributed by atoms with Crippen LogP contribution in [0, 0.1) is 0 Å². The molecule has 2 heterocycles. The number of Topliss-reactive ketones (excluding diaryl/α,β-unsaturated/α-hetero) is 1. The molecule has 1 aliphatic rings. The van der Waals surface area contributed by atoms with Gasteiger partial charge in [0.15, 0.2) is 5.78 Å². The average Bonchev–Trinajstić information content (AvgIpc) is 3.11. The van der Waals surface area contributed by atoms with Gasteiger partial charge in [0.05, 0.1) is 25.0 Å². The first-order chi connectivity index (χ1) is 13.2. The number of methoxy groups -OCH3 is 2. The molecular formula is C19H20N4O3S. The van der Waals surface area contributed by atoms with Gasteiger partial charge in [-0.3, -0.25) is 4.79 Å². The molecule has 8 heteroatoms. The Labute approximate surface area is 161 Å². The Morgan fingerprint density at radius 3 is 2.78 bits per heavy atom. The maximum Gasteiger partial charge on any atom is 0.253 e. The highest BCUT2D eigenvalue weighted by molar-refractivity contribution is 7.99. The molecule has 0 fully saturated rings. The Hall–Kier alpha value is -2.45. The lowest BCUT2D eigenvalue weighted by Gasteiger charge is -2.24. The van der Waals surface area contributed by atoms with Crippen LogP contribution in [0.2, 0.25) is 0 Å². The van der Waals surface area contributed by atoms with Gasteiger partial charge < -0.3 is 9.47 Å². The lowest BCUT2D eigenvalue weighted by molar-refractivity contribution is 0.0962. The van der Waals surface area contributed by atoms with E-state index >= 15 is 0 Å². The fourth-order valence-corrected chi connectivity index (χ4v) is 4.04. The summed E-state index contributed by atoms with van der Waals surface area (Å²) in [5.41, 5.74) is 2.64. The largest absolute Gasteiger partial charge is 0.497 e. The number of nitrogens with zero attached hydrogens (tertiary/aromatic N) is 4. The van der Waals surface area contributed by atoms with Gasteiger partial charge in [0.1, 0.15) is 5.75 Å². The molecule has 0 radical (unpaired) electrons. The van der Waals surface area contributed by atoms with E-state index < -0.39 is 0 Å². The molecule has 1 aliphatic carbocycles. The number of aromatic nitrogens is 4. The monoisotopic (exact) mass is 384 g/mol. The molecule has 0 aliphatic heterocycles. The summed E-state index contributed by atoms with van der Waals surface area (Å²) in [5.74, 6) is 2.30. The minimum Gasteiger partial charge on any atom is -0.497 e. The number of ketones is 1. The van der Waals surface area contributed by atoms with Gasteiger partial charge >= 0.3 is 0 Å². The fourth-order valence-electron chi connectivity index (χ4n) is 3.32. The normalized spacial score (nSPS) is 16.5. The van der Waals surface area contributed by atoms with Gasteiger partial charge in [0, 0.05) is 25.5 Å². The van der Waals surface area contributed by atoms with Crippen LogP contribution in [-0.4, -0.2) is 51.9 Å². The fraction of sp³-hybridized carbons (Fsp3) is 0.368. The van der Waals surface area contributed by atoms with Crippen molar-refractivity contribution in [2.45, 2.75) is 23.9 Å². The summed E-state index contributed by atoms with van der Waals surface area (Å²) in [7, 11) is 3.31. The zero-order chi connectivity index (χ0) is 18.8. The third-order valence-corrected chi connectivity index (χ3v) is 5.53. The molecular weight excluding hydrogens is 364 g/mol. The van der Waals surface area contributed by atoms with Crippen LogP contribution in [-0.2, 0) is 11.2 Å². The number of hydrogen-bond acceptors (Lipinski definition) is 7. The Morgan fingerprint density at radius 1 is 1.22 bits per heavy atom. The van der Waals surface area contributed by atoms with Gasteiger partial charge in [-0.05, 0) is 30.0 Å². The van der Waals surface area contributed by atoms with E-state index in [2.05, 4.69) is 15.1 Å². The third-order valence-electron chi connectivity index (χ3n) is 4.72. The summed E-state index contributed by atoms with van der Waals surface area (Å²) in [6.07, 6.45) is 2.82. The Bertz CT molecular complexity index is 971. The molecule has 1 unspecified atom stereocenters. The number of benzene rings is 1. The second-order valence-corrected chi connectivity index (χ2v) is 7.43. The standard InChI is InChI=1S/C19H20N4O3S/c1-25-7-8-27-19-21-18-20-11-15-16(23(18)22-19)9-13(10-17(15)24)12-3-5-14(26-2)6-4-12/h3-6,11,13H,7-10H2,1-2H3. The zero-order valence-corrected chi connectivity index (χ0v) is 16.0. The quantitative estimate of drug-likeness (QED) is 0.478. The average molecular weight is 384 g/mol. The van der Waals surface area contributed by atoms with Crippen LogP contribution in [0.4, 0.5) is 0 Å². The molecule has 140 valence electrons. The smallest absolute Gasteiger partial charge is 0.253 e. The molecule has 0 spiro atoms. The van der Waals surface area contributed by atoms with E-state index in [1.165, 1.54) is 11.8 Å². The van der Waals surface area contributed by atoms with Crippen molar-refractivity contribution in [1.29, 1.82) is 0 Å². The number of thioether (sulfide) groups is 1. The first-order valence-electron chi connectivity index (χ1n) is 8.73. The highest BCUT2D eigenvalue weighted by atomic mass is 32.2. The van der Waals surface area contributed by atoms with Crippen molar-refractivity contribution in [2.24, 2.45) is 0 Å². The Morgan fingerprint density at radius 2 is 2.04 bits per heavy atom. The molecule has 3 aromatic rings. The highest BCUT2D eigenvalue weighted by Crippen LogP contribution is 2.33. The second-order valence-electron chi connectivity index (χ2n) is 6.37. The number of rotatable bonds is 6. The van der Waals surface area contributed by atoms with E-state index in [-0.39, 0.29) is 11.7 Å². The van der Waals surface area contributed by atoms with Crippen molar-refractivity contribution in [3.05, 3.63) is 47.3 Å². The van der Waals surface area contributed by atoms with Crippen molar-refractivity contribution in [3.8, 4) is 5.75 Å². The molecule has 0 amide bonds. The van der Waals surface area contributed by atoms with E-state index in [1.54, 1.807) is 24.9 Å². The van der Waals surface area contributed by atoms with Crippen molar-refractivity contribution in [2.75, 3.05) is 26.6 Å². The predicted octanol–water partition coefficient (Wildman–Crippen LogP) is 2.78. The summed E-state index contributed by atoms with van der Waals surface area (Å²) < 4.78 is 12.0. The second kappa shape index (κ2) is 7.66. The molecule has 7 nitrogen and oxygen atoms in total. The van der Waals surface area contributed by atoms with Gasteiger partial charge in [-0.1, -0.05) is 23.9 Å². The van der Waals surface area contributed by atoms with Gasteiger partial charge in [0.25, 0.3) is 5.78 Å². The van der Waals surface area contributed by atoms with Gasteiger partial charge in [-0.2, -0.15) is 9.50 Å². The Kier molecular flexibility index (Phi) is 5.09. The molecule has 1 atom stereocenters. The van der Waals surface area contributed by atoms with Crippen molar-refractivity contribution < 1.29 is 14.3 Å². The number of carbonyl (C=O) groups is 1. The molecule has 4 rings (SSSR count). The molecule has 27 heavy (non-hydrogen) atoms. The summed E-state index contributed by atoms with van der Waals surface area (Å²) in [5, 5.41) is 5.21.